The summed E-state index contributed by atoms with van der Waals surface area (Å²) in [5, 5.41) is 29.1. The first-order valence-electron chi connectivity index (χ1n) is 28.5. The maximum atomic E-state index is 15.3. The molecule has 7 rings (SSSR count). The molecule has 1 aliphatic carbocycles. The number of rotatable bonds is 25. The number of hydrogen-bond acceptors (Lipinski definition) is 14. The average Bonchev–Trinajstić information content (AvgIpc) is 2.37. The number of carboxylic acid groups (broad SMARTS) is 1. The van der Waals surface area contributed by atoms with Crippen LogP contribution in [-0.2, 0) is 51.3 Å². The van der Waals surface area contributed by atoms with E-state index in [-0.39, 0.29) is 127 Å². The number of para-hydroxylation sites is 1. The largest absolute Gasteiger partial charge is 0.480 e. The summed E-state index contributed by atoms with van der Waals surface area (Å²) in [6.07, 6.45) is 5.18. The van der Waals surface area contributed by atoms with Crippen molar-refractivity contribution in [1.82, 2.24) is 35.6 Å². The molecule has 8 unspecified atom stereocenters. The van der Waals surface area contributed by atoms with E-state index in [4.69, 9.17) is 40.1 Å². The normalized spacial score (nSPS) is 21.3. The number of aliphatic carboxylic acids is 1. The van der Waals surface area contributed by atoms with Gasteiger partial charge in [0.05, 0.1) is 19.3 Å². The lowest BCUT2D eigenvalue weighted by molar-refractivity contribution is -0.153. The van der Waals surface area contributed by atoms with Crippen molar-refractivity contribution >= 4 is 70.9 Å². The summed E-state index contributed by atoms with van der Waals surface area (Å²) in [6.45, 7) is -0.652. The minimum Gasteiger partial charge on any atom is -0.480 e. The van der Waals surface area contributed by atoms with Gasteiger partial charge >= 0.3 is 5.97 Å². The van der Waals surface area contributed by atoms with E-state index in [0.717, 1.165) is 30.4 Å². The molecule has 2 aromatic carbocycles. The highest BCUT2D eigenvalue weighted by Gasteiger charge is 2.55. The molecule has 4 heterocycles. The number of likely N-dealkylation sites (tertiary alicyclic amines) is 2. The third-order valence-electron chi connectivity index (χ3n) is 16.5. The molecule has 3 saturated heterocycles. The molecule has 1 spiro atoms. The number of aliphatic hydroxyl groups is 1. The summed E-state index contributed by atoms with van der Waals surface area (Å²) >= 11 is 0. The van der Waals surface area contributed by atoms with Crippen molar-refractivity contribution in [3.05, 3.63) is 65.7 Å². The molecule has 4 fully saturated rings. The molecule has 8 atom stereocenters. The van der Waals surface area contributed by atoms with Gasteiger partial charge in [0.2, 0.25) is 35.4 Å². The number of anilines is 1. The van der Waals surface area contributed by atoms with E-state index < -0.39 is 96.4 Å². The topological polar surface area (TPSA) is 449 Å². The molecule has 0 aromatic heterocycles. The van der Waals surface area contributed by atoms with Crippen molar-refractivity contribution in [1.29, 1.82) is 0 Å². The first-order valence-corrected chi connectivity index (χ1v) is 28.5. The molecule has 83 heavy (non-hydrogen) atoms. The molecule has 7 amide bonds. The van der Waals surface area contributed by atoms with Crippen molar-refractivity contribution in [2.24, 2.45) is 61.0 Å². The van der Waals surface area contributed by atoms with Crippen LogP contribution < -0.4 is 61.0 Å². The molecule has 1 saturated carbocycles. The van der Waals surface area contributed by atoms with Gasteiger partial charge < -0.3 is 90.8 Å². The maximum absolute atomic E-state index is 15.3. The van der Waals surface area contributed by atoms with Crippen LogP contribution in [0.5, 0.6) is 0 Å². The summed E-state index contributed by atoms with van der Waals surface area (Å²) in [7, 11) is 0. The zero-order valence-electron chi connectivity index (χ0n) is 46.9. The van der Waals surface area contributed by atoms with Crippen LogP contribution in [0.1, 0.15) is 94.6 Å². The fraction of sp³-hybridized carbons (Fsp3) is 0.582. The Labute approximate surface area is 482 Å². The van der Waals surface area contributed by atoms with Gasteiger partial charge in [-0.25, -0.2) is 4.79 Å². The molecule has 452 valence electrons. The molecule has 5 aliphatic rings. The Morgan fingerprint density at radius 2 is 1.29 bits per heavy atom. The number of benzene rings is 2. The predicted molar refractivity (Wildman–Crippen MR) is 308 cm³/mol. The summed E-state index contributed by atoms with van der Waals surface area (Å²) in [5.74, 6) is -5.65. The number of carbonyl (C=O) groups is 8. The fourth-order valence-electron chi connectivity index (χ4n) is 12.3. The number of hydrogen-bond donors (Lipinski definition) is 12. The number of nitrogens with one attached hydrogen (secondary N) is 3. The van der Waals surface area contributed by atoms with E-state index in [1.165, 1.54) is 9.80 Å². The van der Waals surface area contributed by atoms with Crippen LogP contribution in [0.4, 0.5) is 5.69 Å². The van der Waals surface area contributed by atoms with Gasteiger partial charge in [0.1, 0.15) is 42.3 Å². The van der Waals surface area contributed by atoms with Crippen LogP contribution in [0.2, 0.25) is 0 Å². The first-order chi connectivity index (χ1) is 39.7. The molecule has 0 radical (unpaired) electrons. The number of aliphatic imine (C=N–C) groups is 3. The number of nitrogens with two attached hydrogens (primary N) is 7. The van der Waals surface area contributed by atoms with Crippen LogP contribution in [0.15, 0.2) is 69.6 Å². The number of carbonyl (C=O) groups excluding carboxylic acids is 7. The SMILES string of the molecule is NC(N)=NCCCC(N)C(=O)NC(CCCN=C(N)N)C(=O)N1CCC2(CC1)C(=O)N(CC(=O)NC(CO)C(=O)N1Cc3ccccc3CC1C(=O)N1C(C(=O)NC(CCCN=C(N)N)C(=O)O)CC3CCCCC31)CN2c1ccccc1. The van der Waals surface area contributed by atoms with Crippen molar-refractivity contribution in [3.63, 3.8) is 0 Å². The number of carboxylic acids is 1. The van der Waals surface area contributed by atoms with Crippen LogP contribution in [0.3, 0.4) is 0 Å². The van der Waals surface area contributed by atoms with Crippen molar-refractivity contribution in [2.45, 2.75) is 144 Å². The Balaban J connectivity index is 1.06. The van der Waals surface area contributed by atoms with E-state index in [2.05, 4.69) is 30.9 Å². The van der Waals surface area contributed by atoms with Gasteiger partial charge in [0.15, 0.2) is 17.9 Å². The summed E-state index contributed by atoms with van der Waals surface area (Å²) < 4.78 is 0. The Morgan fingerprint density at radius 3 is 1.90 bits per heavy atom. The van der Waals surface area contributed by atoms with Crippen LogP contribution >= 0.6 is 0 Å². The van der Waals surface area contributed by atoms with E-state index >= 15 is 4.79 Å². The Morgan fingerprint density at radius 1 is 0.699 bits per heavy atom. The summed E-state index contributed by atoms with van der Waals surface area (Å²) in [6, 6.07) is 9.07. The highest BCUT2D eigenvalue weighted by molar-refractivity contribution is 5.99. The summed E-state index contributed by atoms with van der Waals surface area (Å²) in [4.78, 5) is 133. The Kier molecular flexibility index (Phi) is 21.5. The highest BCUT2D eigenvalue weighted by Crippen LogP contribution is 2.42. The van der Waals surface area contributed by atoms with Crippen molar-refractivity contribution in [2.75, 3.05) is 57.4 Å². The fourth-order valence-corrected chi connectivity index (χ4v) is 12.3. The molecular formula is C55H82N18O10. The van der Waals surface area contributed by atoms with Gasteiger partial charge in [-0.3, -0.25) is 48.5 Å². The van der Waals surface area contributed by atoms with Crippen LogP contribution in [-0.4, -0.2) is 195 Å². The van der Waals surface area contributed by atoms with Crippen LogP contribution in [0.25, 0.3) is 0 Å². The molecule has 28 heteroatoms. The van der Waals surface area contributed by atoms with E-state index in [0.29, 0.717) is 31.4 Å². The third-order valence-corrected chi connectivity index (χ3v) is 16.5. The smallest absolute Gasteiger partial charge is 0.326 e. The quantitative estimate of drug-likeness (QED) is 0.0264. The highest BCUT2D eigenvalue weighted by atomic mass is 16.4. The minimum atomic E-state index is -1.56. The molecule has 2 aromatic rings. The second-order valence-electron chi connectivity index (χ2n) is 22.0. The molecule has 28 nitrogen and oxygen atoms in total. The number of guanidine groups is 3. The summed E-state index contributed by atoms with van der Waals surface area (Å²) in [5.41, 5.74) is 40.0. The lowest BCUT2D eigenvalue weighted by atomic mass is 9.84. The average molecular weight is 1160 g/mol. The monoisotopic (exact) mass is 1150 g/mol. The second kappa shape index (κ2) is 28.6. The predicted octanol–water partition coefficient (Wildman–Crippen LogP) is -3.21. The minimum absolute atomic E-state index is 0.0258. The van der Waals surface area contributed by atoms with E-state index in [1.807, 2.05) is 53.4 Å². The number of amides is 7. The number of nitrogens with zero attached hydrogens (tertiary/aromatic N) is 8. The number of aliphatic hydroxyl groups excluding tert-OH is 1. The third kappa shape index (κ3) is 15.4. The molecule has 4 aliphatic heterocycles. The zero-order valence-corrected chi connectivity index (χ0v) is 46.9. The number of fused-ring (bicyclic) bond motifs is 2. The first kappa shape index (κ1) is 62.3. The Hall–Kier alpha value is -8.27. The van der Waals surface area contributed by atoms with Gasteiger partial charge in [-0.05, 0) is 99.8 Å². The lowest BCUT2D eigenvalue weighted by Crippen LogP contribution is -2.62. The maximum Gasteiger partial charge on any atom is 0.326 e. The van der Waals surface area contributed by atoms with E-state index in [9.17, 15) is 43.8 Å². The lowest BCUT2D eigenvalue weighted by Gasteiger charge is -2.44. The van der Waals surface area contributed by atoms with Gasteiger partial charge in [-0.15, -0.1) is 0 Å². The van der Waals surface area contributed by atoms with Gasteiger partial charge in [0.25, 0.3) is 5.91 Å². The zero-order chi connectivity index (χ0) is 60.0. The number of piperidine rings is 1. The molecule has 0 bridgehead atoms. The standard InChI is InChI=1S/C55H82N18O10/c56-37(16-8-22-63-52(57)58)45(76)67-38(17-9-23-64-53(59)60)47(78)69-25-20-55(21-26-69)51(83)70(32-72(55)36-14-2-1-3-15-36)30-44(75)66-40(31-74)48(79)71-29-35-13-5-4-11-33(35)27-43(71)49(80)73-41-19-7-6-12-34(41)28-42(73)46(77)68-39(50(81)82)18-10-24-65-54(61)62/h1-5,11,13-15,34,37-43,74H,6-10,12,16-32,56H2,(H,66,75)(H,67,76)(H,68,77)(H,81,82)(H4,57,58,63)(H4,59,60,64)(H4,61,62,65). The van der Waals surface area contributed by atoms with E-state index in [1.54, 1.807) is 15.9 Å². The second-order valence-corrected chi connectivity index (χ2v) is 22.0. The van der Waals surface area contributed by atoms with Crippen LogP contribution in [0, 0.1) is 5.92 Å². The Bertz CT molecular complexity index is 2750. The van der Waals surface area contributed by atoms with Gasteiger partial charge in [-0.2, -0.15) is 0 Å². The molecule has 19 N–H and O–H groups in total. The van der Waals surface area contributed by atoms with Crippen molar-refractivity contribution in [3.8, 4) is 0 Å². The van der Waals surface area contributed by atoms with Gasteiger partial charge in [-0.1, -0.05) is 55.3 Å². The van der Waals surface area contributed by atoms with Gasteiger partial charge in [0, 0.05) is 57.4 Å². The van der Waals surface area contributed by atoms with Crippen molar-refractivity contribution < 1.29 is 48.6 Å². The molecular weight excluding hydrogens is 1070 g/mol.